The quantitative estimate of drug-likeness (QED) is 0.770. The zero-order valence-corrected chi connectivity index (χ0v) is 10.6. The fourth-order valence-electron chi connectivity index (χ4n) is 1.26. The Hall–Kier alpha value is -1.89. The normalized spacial score (nSPS) is 11.3. The van der Waals surface area contributed by atoms with Crippen LogP contribution in [0.4, 0.5) is 19.3 Å². The Morgan fingerprint density at radius 2 is 2.16 bits per heavy atom. The molecule has 3 N–H and O–H groups in total. The number of carbonyl (C=O) groups excluding carboxylic acids is 1. The number of anilines is 1. The van der Waals surface area contributed by atoms with Crippen LogP contribution in [-0.2, 0) is 0 Å². The molecule has 0 aliphatic heterocycles. The molecule has 1 aromatic carbocycles. The van der Waals surface area contributed by atoms with Crippen molar-refractivity contribution in [2.24, 2.45) is 0 Å². The summed E-state index contributed by atoms with van der Waals surface area (Å²) in [5, 5.41) is 14.0. The number of rotatable bonds is 5. The standard InChI is InChI=1S/C12H16F2N2O3/c1-12(2,7-17)16-11(18)15-8-4-3-5-9(6-8)19-10(13)14/h3-6,10,17H,7H2,1-2H3,(H2,15,16,18). The van der Waals surface area contributed by atoms with Crippen LogP contribution in [-0.4, -0.2) is 29.9 Å². The zero-order valence-electron chi connectivity index (χ0n) is 10.6. The highest BCUT2D eigenvalue weighted by molar-refractivity contribution is 5.89. The third-order valence-electron chi connectivity index (χ3n) is 2.16. The van der Waals surface area contributed by atoms with Gasteiger partial charge in [-0.05, 0) is 26.0 Å². The van der Waals surface area contributed by atoms with Gasteiger partial charge < -0.3 is 20.5 Å². The Labute approximate surface area is 109 Å². The number of aliphatic hydroxyl groups excluding tert-OH is 1. The predicted molar refractivity (Wildman–Crippen MR) is 66.4 cm³/mol. The molecule has 0 unspecified atom stereocenters. The number of amides is 2. The third kappa shape index (κ3) is 5.52. The first kappa shape index (κ1) is 15.2. The smallest absolute Gasteiger partial charge is 0.387 e. The molecular weight excluding hydrogens is 258 g/mol. The van der Waals surface area contributed by atoms with Crippen molar-refractivity contribution in [3.05, 3.63) is 24.3 Å². The number of hydrogen-bond acceptors (Lipinski definition) is 3. The predicted octanol–water partition coefficient (Wildman–Crippen LogP) is 2.18. The first-order chi connectivity index (χ1) is 8.82. The molecule has 0 radical (unpaired) electrons. The molecule has 2 amide bonds. The van der Waals surface area contributed by atoms with Gasteiger partial charge in [0.15, 0.2) is 0 Å². The highest BCUT2D eigenvalue weighted by atomic mass is 19.3. The van der Waals surface area contributed by atoms with Gasteiger partial charge in [0.2, 0.25) is 0 Å². The van der Waals surface area contributed by atoms with Crippen molar-refractivity contribution >= 4 is 11.7 Å². The summed E-state index contributed by atoms with van der Waals surface area (Å²) in [7, 11) is 0. The zero-order chi connectivity index (χ0) is 14.5. The van der Waals surface area contributed by atoms with Crippen LogP contribution in [0.3, 0.4) is 0 Å². The van der Waals surface area contributed by atoms with Crippen LogP contribution in [0.2, 0.25) is 0 Å². The van der Waals surface area contributed by atoms with Crippen molar-refractivity contribution in [1.82, 2.24) is 5.32 Å². The van der Waals surface area contributed by atoms with Crippen molar-refractivity contribution in [3.8, 4) is 5.75 Å². The van der Waals surface area contributed by atoms with Crippen LogP contribution in [0, 0.1) is 0 Å². The molecule has 19 heavy (non-hydrogen) atoms. The van der Waals surface area contributed by atoms with Gasteiger partial charge in [-0.3, -0.25) is 0 Å². The molecule has 0 atom stereocenters. The van der Waals surface area contributed by atoms with Crippen LogP contribution in [0.5, 0.6) is 5.75 Å². The molecule has 0 fully saturated rings. The van der Waals surface area contributed by atoms with E-state index in [4.69, 9.17) is 5.11 Å². The summed E-state index contributed by atoms with van der Waals surface area (Å²) in [6.45, 7) is 0.137. The van der Waals surface area contributed by atoms with Gasteiger partial charge in [0.05, 0.1) is 12.1 Å². The Morgan fingerprint density at radius 3 is 2.74 bits per heavy atom. The second-order valence-electron chi connectivity index (χ2n) is 4.53. The molecular formula is C12H16F2N2O3. The van der Waals surface area contributed by atoms with Gasteiger partial charge in [0.25, 0.3) is 0 Å². The van der Waals surface area contributed by atoms with E-state index in [9.17, 15) is 13.6 Å². The van der Waals surface area contributed by atoms with E-state index >= 15 is 0 Å². The van der Waals surface area contributed by atoms with Gasteiger partial charge >= 0.3 is 12.6 Å². The Kier molecular flexibility index (Phi) is 5.05. The molecule has 0 bridgehead atoms. The fraction of sp³-hybridized carbons (Fsp3) is 0.417. The molecule has 0 aliphatic rings. The third-order valence-corrected chi connectivity index (χ3v) is 2.16. The Morgan fingerprint density at radius 1 is 1.47 bits per heavy atom. The second kappa shape index (κ2) is 6.33. The van der Waals surface area contributed by atoms with Crippen LogP contribution in [0.1, 0.15) is 13.8 Å². The van der Waals surface area contributed by atoms with Crippen LogP contribution >= 0.6 is 0 Å². The highest BCUT2D eigenvalue weighted by Crippen LogP contribution is 2.19. The first-order valence-corrected chi connectivity index (χ1v) is 5.57. The van der Waals surface area contributed by atoms with E-state index < -0.39 is 18.2 Å². The number of hydrogen-bond donors (Lipinski definition) is 3. The molecule has 0 saturated carbocycles. The minimum absolute atomic E-state index is 0.0470. The molecule has 1 rings (SSSR count). The maximum absolute atomic E-state index is 12.0. The van der Waals surface area contributed by atoms with Crippen LogP contribution in [0.15, 0.2) is 24.3 Å². The topological polar surface area (TPSA) is 70.6 Å². The van der Waals surface area contributed by atoms with Crippen molar-refractivity contribution < 1.29 is 23.4 Å². The lowest BCUT2D eigenvalue weighted by molar-refractivity contribution is -0.0497. The van der Waals surface area contributed by atoms with Crippen molar-refractivity contribution in [2.45, 2.75) is 26.0 Å². The Bertz CT molecular complexity index is 439. The average Bonchev–Trinajstić information content (AvgIpc) is 2.27. The summed E-state index contributed by atoms with van der Waals surface area (Å²) in [6.07, 6.45) is 0. The lowest BCUT2D eigenvalue weighted by Crippen LogP contribution is -2.48. The summed E-state index contributed by atoms with van der Waals surface area (Å²) in [5.41, 5.74) is -0.467. The molecule has 106 valence electrons. The lowest BCUT2D eigenvalue weighted by Gasteiger charge is -2.23. The largest absolute Gasteiger partial charge is 0.435 e. The number of ether oxygens (including phenoxy) is 1. The van der Waals surface area contributed by atoms with Gasteiger partial charge in [0, 0.05) is 11.8 Å². The minimum Gasteiger partial charge on any atom is -0.435 e. The molecule has 0 aliphatic carbocycles. The van der Waals surface area contributed by atoms with E-state index in [1.54, 1.807) is 13.8 Å². The lowest BCUT2D eigenvalue weighted by atomic mass is 10.1. The molecule has 0 aromatic heterocycles. The SMILES string of the molecule is CC(C)(CO)NC(=O)Nc1cccc(OC(F)F)c1. The number of alkyl halides is 2. The number of benzene rings is 1. The minimum atomic E-state index is -2.92. The second-order valence-corrected chi connectivity index (χ2v) is 4.53. The Balaban J connectivity index is 2.64. The first-order valence-electron chi connectivity index (χ1n) is 5.57. The van der Waals surface area contributed by atoms with Crippen molar-refractivity contribution in [3.63, 3.8) is 0 Å². The summed E-state index contributed by atoms with van der Waals surface area (Å²) in [4.78, 5) is 11.6. The van der Waals surface area contributed by atoms with E-state index in [2.05, 4.69) is 15.4 Å². The van der Waals surface area contributed by atoms with Crippen LogP contribution < -0.4 is 15.4 Å². The molecule has 7 heteroatoms. The van der Waals surface area contributed by atoms with E-state index in [-0.39, 0.29) is 12.4 Å². The number of carbonyl (C=O) groups is 1. The van der Waals surface area contributed by atoms with Gasteiger partial charge in [-0.25, -0.2) is 4.79 Å². The van der Waals surface area contributed by atoms with Crippen LogP contribution in [0.25, 0.3) is 0 Å². The summed E-state index contributed by atoms with van der Waals surface area (Å²) >= 11 is 0. The molecule has 0 saturated heterocycles. The summed E-state index contributed by atoms with van der Waals surface area (Å²) in [6, 6.07) is 5.09. The number of urea groups is 1. The molecule has 1 aromatic rings. The number of nitrogens with one attached hydrogen (secondary N) is 2. The van der Waals surface area contributed by atoms with E-state index in [0.717, 1.165) is 0 Å². The molecule has 0 spiro atoms. The fourth-order valence-corrected chi connectivity index (χ4v) is 1.26. The monoisotopic (exact) mass is 274 g/mol. The number of aliphatic hydroxyl groups is 1. The molecule has 5 nitrogen and oxygen atoms in total. The van der Waals surface area contributed by atoms with Gasteiger partial charge in [-0.15, -0.1) is 0 Å². The maximum Gasteiger partial charge on any atom is 0.387 e. The molecule has 0 heterocycles. The van der Waals surface area contributed by atoms with E-state index in [0.29, 0.717) is 5.69 Å². The van der Waals surface area contributed by atoms with Crippen molar-refractivity contribution in [1.29, 1.82) is 0 Å². The summed E-state index contributed by atoms with van der Waals surface area (Å²) < 4.78 is 28.3. The summed E-state index contributed by atoms with van der Waals surface area (Å²) in [5.74, 6) is -0.0470. The van der Waals surface area contributed by atoms with Gasteiger partial charge in [-0.2, -0.15) is 8.78 Å². The maximum atomic E-state index is 12.0. The van der Waals surface area contributed by atoms with E-state index in [1.165, 1.54) is 24.3 Å². The van der Waals surface area contributed by atoms with E-state index in [1.807, 2.05) is 0 Å². The average molecular weight is 274 g/mol. The van der Waals surface area contributed by atoms with Crippen molar-refractivity contribution in [2.75, 3.05) is 11.9 Å². The van der Waals surface area contributed by atoms with Gasteiger partial charge in [0.1, 0.15) is 5.75 Å². The highest BCUT2D eigenvalue weighted by Gasteiger charge is 2.19. The van der Waals surface area contributed by atoms with Gasteiger partial charge in [-0.1, -0.05) is 6.07 Å². The number of halogens is 2.